The summed E-state index contributed by atoms with van der Waals surface area (Å²) in [5.74, 6) is 0.539. The summed E-state index contributed by atoms with van der Waals surface area (Å²) in [5, 5.41) is 15.8. The quantitative estimate of drug-likeness (QED) is 0.688. The molecule has 1 amide bonds. The molecule has 2 N–H and O–H groups in total. The smallest absolute Gasteiger partial charge is 0.225 e. The second-order valence-corrected chi connectivity index (χ2v) is 7.76. The van der Waals surface area contributed by atoms with E-state index in [-0.39, 0.29) is 17.7 Å². The molecule has 0 aliphatic carbocycles. The third kappa shape index (κ3) is 5.28. The Morgan fingerprint density at radius 2 is 2.26 bits per heavy atom. The first-order valence-electron chi connectivity index (χ1n) is 9.24. The van der Waals surface area contributed by atoms with Crippen molar-refractivity contribution < 1.29 is 19.4 Å². The molecule has 1 saturated heterocycles. The molecular formula is C20H26N2O4S. The fraction of sp³-hybridized carbons (Fsp3) is 0.500. The van der Waals surface area contributed by atoms with Crippen molar-refractivity contribution in [3.8, 4) is 5.75 Å². The van der Waals surface area contributed by atoms with Gasteiger partial charge in [-0.2, -0.15) is 0 Å². The SMILES string of the molecule is CCC(O)c1cccc(OC[C@H]2CNC(=O)[C@@H]2COCc2nc(C)cs2)c1. The van der Waals surface area contributed by atoms with Gasteiger partial charge in [-0.25, -0.2) is 4.98 Å². The highest BCUT2D eigenvalue weighted by atomic mass is 32.1. The van der Waals surface area contributed by atoms with Crippen LogP contribution in [0.15, 0.2) is 29.6 Å². The Balaban J connectivity index is 1.51. The summed E-state index contributed by atoms with van der Waals surface area (Å²) in [5.41, 5.74) is 1.83. The van der Waals surface area contributed by atoms with E-state index >= 15 is 0 Å². The number of hydrogen-bond acceptors (Lipinski definition) is 6. The van der Waals surface area contributed by atoms with Crippen LogP contribution in [0.25, 0.3) is 0 Å². The number of ether oxygens (including phenoxy) is 2. The van der Waals surface area contributed by atoms with E-state index in [2.05, 4.69) is 10.3 Å². The van der Waals surface area contributed by atoms with Crippen molar-refractivity contribution in [3.05, 3.63) is 45.9 Å². The Hall–Kier alpha value is -1.96. The molecule has 1 unspecified atom stereocenters. The first kappa shape index (κ1) is 19.8. The van der Waals surface area contributed by atoms with Gasteiger partial charge < -0.3 is 19.9 Å². The number of aliphatic hydroxyl groups is 1. The molecule has 6 nitrogen and oxygen atoms in total. The zero-order chi connectivity index (χ0) is 19.2. The molecular weight excluding hydrogens is 364 g/mol. The van der Waals surface area contributed by atoms with Gasteiger partial charge in [-0.3, -0.25) is 4.79 Å². The predicted molar refractivity (Wildman–Crippen MR) is 104 cm³/mol. The van der Waals surface area contributed by atoms with Crippen LogP contribution in [0.3, 0.4) is 0 Å². The topological polar surface area (TPSA) is 80.7 Å². The van der Waals surface area contributed by atoms with Crippen molar-refractivity contribution in [2.75, 3.05) is 19.8 Å². The molecule has 0 radical (unpaired) electrons. The fourth-order valence-corrected chi connectivity index (χ4v) is 3.81. The van der Waals surface area contributed by atoms with Crippen LogP contribution in [0.4, 0.5) is 0 Å². The molecule has 3 rings (SSSR count). The van der Waals surface area contributed by atoms with Gasteiger partial charge in [0.2, 0.25) is 5.91 Å². The highest BCUT2D eigenvalue weighted by Gasteiger charge is 2.35. The van der Waals surface area contributed by atoms with Gasteiger partial charge in [-0.15, -0.1) is 11.3 Å². The maximum atomic E-state index is 12.1. The lowest BCUT2D eigenvalue weighted by molar-refractivity contribution is -0.125. The number of carbonyl (C=O) groups excluding carboxylic acids is 1. The largest absolute Gasteiger partial charge is 0.493 e. The lowest BCUT2D eigenvalue weighted by atomic mass is 9.97. The second kappa shape index (κ2) is 9.30. The van der Waals surface area contributed by atoms with E-state index in [1.807, 2.05) is 43.5 Å². The summed E-state index contributed by atoms with van der Waals surface area (Å²) in [7, 11) is 0. The summed E-state index contributed by atoms with van der Waals surface area (Å²) < 4.78 is 11.6. The Morgan fingerprint density at radius 3 is 3.00 bits per heavy atom. The minimum atomic E-state index is -0.487. The number of aromatic nitrogens is 1. The van der Waals surface area contributed by atoms with Gasteiger partial charge in [0.05, 0.1) is 31.8 Å². The molecule has 7 heteroatoms. The Bertz CT molecular complexity index is 764. The monoisotopic (exact) mass is 390 g/mol. The van der Waals surface area contributed by atoms with Gasteiger partial charge in [0, 0.05) is 23.5 Å². The second-order valence-electron chi connectivity index (χ2n) is 6.82. The van der Waals surface area contributed by atoms with E-state index in [1.165, 1.54) is 0 Å². The van der Waals surface area contributed by atoms with E-state index in [4.69, 9.17) is 9.47 Å². The molecule has 1 aliphatic rings. The number of benzene rings is 1. The van der Waals surface area contributed by atoms with Crippen LogP contribution >= 0.6 is 11.3 Å². The minimum Gasteiger partial charge on any atom is -0.493 e. The Labute approximate surface area is 163 Å². The van der Waals surface area contributed by atoms with E-state index < -0.39 is 6.10 Å². The van der Waals surface area contributed by atoms with Crippen LogP contribution in [-0.2, 0) is 16.1 Å². The van der Waals surface area contributed by atoms with Gasteiger partial charge in [-0.1, -0.05) is 19.1 Å². The summed E-state index contributed by atoms with van der Waals surface area (Å²) in [4.78, 5) is 16.5. The summed E-state index contributed by atoms with van der Waals surface area (Å²) in [6.45, 7) is 5.67. The Kier molecular flexibility index (Phi) is 6.82. The van der Waals surface area contributed by atoms with E-state index in [9.17, 15) is 9.90 Å². The van der Waals surface area contributed by atoms with Crippen molar-refractivity contribution in [1.82, 2.24) is 10.3 Å². The molecule has 1 aliphatic heterocycles. The van der Waals surface area contributed by atoms with Crippen LogP contribution in [0.1, 0.15) is 35.7 Å². The third-order valence-corrected chi connectivity index (χ3v) is 5.67. The van der Waals surface area contributed by atoms with Gasteiger partial charge in [0.1, 0.15) is 10.8 Å². The lowest BCUT2D eigenvalue weighted by Gasteiger charge is -2.18. The number of carbonyl (C=O) groups is 1. The highest BCUT2D eigenvalue weighted by Crippen LogP contribution is 2.24. The number of amides is 1. The molecule has 1 aromatic carbocycles. The molecule has 0 spiro atoms. The highest BCUT2D eigenvalue weighted by molar-refractivity contribution is 7.09. The standard InChI is InChI=1S/C20H26N2O4S/c1-3-18(23)14-5-4-6-16(7-14)26-9-15-8-21-20(24)17(15)10-25-11-19-22-13(2)12-27-19/h4-7,12,15,17-18,23H,3,8-11H2,1-2H3,(H,21,24)/t15-,17-,18?/m1/s1. The molecule has 2 heterocycles. The number of nitrogens with zero attached hydrogens (tertiary/aromatic N) is 1. The van der Waals surface area contributed by atoms with Gasteiger partial charge in [-0.05, 0) is 31.0 Å². The molecule has 1 fully saturated rings. The lowest BCUT2D eigenvalue weighted by Crippen LogP contribution is -2.27. The zero-order valence-corrected chi connectivity index (χ0v) is 16.5. The molecule has 0 bridgehead atoms. The van der Waals surface area contributed by atoms with Gasteiger partial charge in [0.15, 0.2) is 0 Å². The normalized spacial score (nSPS) is 20.5. The number of aryl methyl sites for hydroxylation is 1. The van der Waals surface area contributed by atoms with Gasteiger partial charge in [0.25, 0.3) is 0 Å². The van der Waals surface area contributed by atoms with Crippen molar-refractivity contribution in [2.45, 2.75) is 33.0 Å². The molecule has 27 heavy (non-hydrogen) atoms. The van der Waals surface area contributed by atoms with Crippen molar-refractivity contribution in [3.63, 3.8) is 0 Å². The first-order valence-corrected chi connectivity index (χ1v) is 10.1. The number of hydrogen-bond donors (Lipinski definition) is 2. The van der Waals surface area contributed by atoms with Crippen molar-refractivity contribution in [2.24, 2.45) is 11.8 Å². The molecule has 0 saturated carbocycles. The van der Waals surface area contributed by atoms with Crippen molar-refractivity contribution in [1.29, 1.82) is 0 Å². The number of aliphatic hydroxyl groups excluding tert-OH is 1. The predicted octanol–water partition coefficient (Wildman–Crippen LogP) is 2.85. The molecule has 2 aromatic rings. The number of thiazole rings is 1. The number of rotatable bonds is 9. The van der Waals surface area contributed by atoms with Crippen LogP contribution in [0, 0.1) is 18.8 Å². The molecule has 146 valence electrons. The van der Waals surface area contributed by atoms with Gasteiger partial charge >= 0.3 is 0 Å². The maximum Gasteiger partial charge on any atom is 0.225 e. The minimum absolute atomic E-state index is 0.00840. The van der Waals surface area contributed by atoms with Crippen LogP contribution < -0.4 is 10.1 Å². The van der Waals surface area contributed by atoms with Crippen molar-refractivity contribution >= 4 is 17.2 Å². The maximum absolute atomic E-state index is 12.1. The van der Waals surface area contributed by atoms with Crippen LogP contribution in [0.5, 0.6) is 5.75 Å². The molecule has 3 atom stereocenters. The van der Waals surface area contributed by atoms with E-state index in [1.54, 1.807) is 11.3 Å². The fourth-order valence-electron chi connectivity index (χ4n) is 3.10. The number of nitrogens with one attached hydrogen (secondary N) is 1. The molecule has 1 aromatic heterocycles. The van der Waals surface area contributed by atoms with Crippen LogP contribution in [-0.4, -0.2) is 35.8 Å². The zero-order valence-electron chi connectivity index (χ0n) is 15.7. The van der Waals surface area contributed by atoms with E-state index in [0.29, 0.717) is 38.5 Å². The summed E-state index contributed by atoms with van der Waals surface area (Å²) >= 11 is 1.56. The summed E-state index contributed by atoms with van der Waals surface area (Å²) in [6.07, 6.45) is 0.168. The average molecular weight is 391 g/mol. The average Bonchev–Trinajstić information content (AvgIpc) is 3.25. The summed E-state index contributed by atoms with van der Waals surface area (Å²) in [6, 6.07) is 7.48. The van der Waals surface area contributed by atoms with Crippen LogP contribution in [0.2, 0.25) is 0 Å². The third-order valence-electron chi connectivity index (χ3n) is 4.73. The first-order chi connectivity index (χ1) is 13.1. The van der Waals surface area contributed by atoms with E-state index in [0.717, 1.165) is 16.3 Å². The Morgan fingerprint density at radius 1 is 1.41 bits per heavy atom.